The van der Waals surface area contributed by atoms with Crippen molar-refractivity contribution in [1.29, 1.82) is 0 Å². The third-order valence-electron chi connectivity index (χ3n) is 3.75. The molecule has 128 valence electrons. The highest BCUT2D eigenvalue weighted by molar-refractivity contribution is 7.10. The molecule has 0 aliphatic carbocycles. The number of quaternary nitrogens is 1. The third-order valence-corrected chi connectivity index (χ3v) is 5.26. The number of hydrogen-bond donors (Lipinski definition) is 2. The van der Waals surface area contributed by atoms with Gasteiger partial charge in [-0.25, -0.2) is 0 Å². The Balaban J connectivity index is 1.68. The minimum Gasteiger partial charge on any atom is -0.328 e. The lowest BCUT2D eigenvalue weighted by Crippen LogP contribution is -2.87. The molecule has 3 aromatic rings. The molecule has 0 aliphatic heterocycles. The summed E-state index contributed by atoms with van der Waals surface area (Å²) in [5.74, 6) is -0.110. The molecule has 3 rings (SSSR count). The zero-order valence-electron chi connectivity index (χ0n) is 13.3. The van der Waals surface area contributed by atoms with Crippen LogP contribution in [0.25, 0.3) is 0 Å². The van der Waals surface area contributed by atoms with Crippen LogP contribution in [0, 0.1) is 0 Å². The smallest absolute Gasteiger partial charge is 0.279 e. The number of benzene rings is 2. The van der Waals surface area contributed by atoms with E-state index in [1.807, 2.05) is 35.0 Å². The Morgan fingerprint density at radius 3 is 2.56 bits per heavy atom. The average molecular weight is 392 g/mol. The van der Waals surface area contributed by atoms with Gasteiger partial charge in [-0.1, -0.05) is 59.6 Å². The number of nitrogens with one attached hydrogen (secondary N) is 1. The first-order chi connectivity index (χ1) is 12.1. The number of thiophene rings is 1. The minimum atomic E-state index is -0.110. The Morgan fingerprint density at radius 1 is 1.08 bits per heavy atom. The first kappa shape index (κ1) is 18.0. The van der Waals surface area contributed by atoms with Gasteiger partial charge in [0.1, 0.15) is 6.04 Å². The molecular formula is C19H17Cl2N2OS+. The van der Waals surface area contributed by atoms with E-state index < -0.39 is 0 Å². The van der Waals surface area contributed by atoms with Crippen molar-refractivity contribution >= 4 is 46.1 Å². The number of halogens is 2. The molecule has 0 aliphatic rings. The van der Waals surface area contributed by atoms with E-state index in [2.05, 4.69) is 23.5 Å². The lowest BCUT2D eigenvalue weighted by molar-refractivity contribution is -0.675. The highest BCUT2D eigenvalue weighted by atomic mass is 35.5. The fourth-order valence-corrected chi connectivity index (χ4v) is 3.87. The highest BCUT2D eigenvalue weighted by Gasteiger charge is 2.20. The van der Waals surface area contributed by atoms with Gasteiger partial charge >= 0.3 is 0 Å². The zero-order chi connectivity index (χ0) is 17.6. The predicted octanol–water partition coefficient (Wildman–Crippen LogP) is 4.35. The summed E-state index contributed by atoms with van der Waals surface area (Å²) in [6.07, 6.45) is 0. The Hall–Kier alpha value is -1.85. The summed E-state index contributed by atoms with van der Waals surface area (Å²) < 4.78 is 0. The molecular weight excluding hydrogens is 375 g/mol. The molecule has 0 fully saturated rings. The van der Waals surface area contributed by atoms with Crippen LogP contribution in [0.15, 0.2) is 66.0 Å². The summed E-state index contributed by atoms with van der Waals surface area (Å²) in [6.45, 7) is 0.288. The van der Waals surface area contributed by atoms with E-state index in [4.69, 9.17) is 23.2 Å². The Labute approximate surface area is 160 Å². The summed E-state index contributed by atoms with van der Waals surface area (Å²) in [7, 11) is 0. The number of anilines is 1. The lowest BCUT2D eigenvalue weighted by atomic mass is 10.1. The van der Waals surface area contributed by atoms with Gasteiger partial charge in [-0.2, -0.15) is 0 Å². The van der Waals surface area contributed by atoms with Crippen molar-refractivity contribution in [3.63, 3.8) is 0 Å². The Morgan fingerprint density at radius 2 is 1.88 bits per heavy atom. The van der Waals surface area contributed by atoms with Crippen molar-refractivity contribution in [1.82, 2.24) is 0 Å². The lowest BCUT2D eigenvalue weighted by Gasteiger charge is -2.15. The molecule has 1 amide bonds. The van der Waals surface area contributed by atoms with E-state index in [0.29, 0.717) is 15.7 Å². The van der Waals surface area contributed by atoms with E-state index in [1.165, 1.54) is 10.4 Å². The molecule has 0 saturated heterocycles. The predicted molar refractivity (Wildman–Crippen MR) is 104 cm³/mol. The molecule has 0 spiro atoms. The quantitative estimate of drug-likeness (QED) is 0.644. The molecule has 0 saturated carbocycles. The molecule has 2 aromatic carbocycles. The summed E-state index contributed by atoms with van der Waals surface area (Å²) in [5.41, 5.74) is 1.74. The molecule has 3 nitrogen and oxygen atoms in total. The summed E-state index contributed by atoms with van der Waals surface area (Å²) in [6, 6.07) is 19.4. The number of carbonyl (C=O) groups is 1. The van der Waals surface area contributed by atoms with Crippen LogP contribution >= 0.6 is 34.5 Å². The minimum absolute atomic E-state index is 0.0904. The van der Waals surface area contributed by atoms with Crippen LogP contribution in [0.1, 0.15) is 16.5 Å². The molecule has 3 N–H and O–H groups in total. The van der Waals surface area contributed by atoms with Gasteiger partial charge in [0.25, 0.3) is 5.91 Å². The summed E-state index contributed by atoms with van der Waals surface area (Å²) in [4.78, 5) is 13.5. The fraction of sp³-hybridized carbons (Fsp3) is 0.105. The number of amides is 1. The average Bonchev–Trinajstić information content (AvgIpc) is 3.13. The normalized spacial score (nSPS) is 11.9. The van der Waals surface area contributed by atoms with E-state index in [-0.39, 0.29) is 18.5 Å². The number of nitrogens with two attached hydrogens (primary N) is 1. The van der Waals surface area contributed by atoms with E-state index >= 15 is 0 Å². The summed E-state index contributed by atoms with van der Waals surface area (Å²) >= 11 is 13.7. The van der Waals surface area contributed by atoms with Crippen molar-refractivity contribution in [2.24, 2.45) is 0 Å². The molecule has 0 bridgehead atoms. The van der Waals surface area contributed by atoms with Crippen molar-refractivity contribution < 1.29 is 10.1 Å². The SMILES string of the molecule is O=C(C[NH2+][C@@H](c1ccccc1)c1cccs1)Nc1ccc(Cl)cc1Cl. The maximum Gasteiger partial charge on any atom is 0.279 e. The van der Waals surface area contributed by atoms with Gasteiger partial charge in [0.2, 0.25) is 0 Å². The second-order valence-electron chi connectivity index (χ2n) is 5.52. The van der Waals surface area contributed by atoms with Gasteiger partial charge in [-0.05, 0) is 29.6 Å². The number of rotatable bonds is 6. The second-order valence-corrected chi connectivity index (χ2v) is 7.34. The van der Waals surface area contributed by atoms with Gasteiger partial charge in [0, 0.05) is 10.6 Å². The van der Waals surface area contributed by atoms with Gasteiger partial charge in [-0.15, -0.1) is 11.3 Å². The van der Waals surface area contributed by atoms with Crippen molar-refractivity contribution in [3.8, 4) is 0 Å². The largest absolute Gasteiger partial charge is 0.328 e. The van der Waals surface area contributed by atoms with Crippen LogP contribution in [-0.4, -0.2) is 12.5 Å². The molecule has 6 heteroatoms. The van der Waals surface area contributed by atoms with E-state index in [0.717, 1.165) is 0 Å². The van der Waals surface area contributed by atoms with E-state index in [9.17, 15) is 4.79 Å². The van der Waals surface area contributed by atoms with Crippen LogP contribution in [0.5, 0.6) is 0 Å². The topological polar surface area (TPSA) is 45.7 Å². The van der Waals surface area contributed by atoms with E-state index in [1.54, 1.807) is 29.5 Å². The van der Waals surface area contributed by atoms with Gasteiger partial charge in [-0.3, -0.25) is 4.79 Å². The van der Waals surface area contributed by atoms with Gasteiger partial charge in [0.05, 0.1) is 15.6 Å². The van der Waals surface area contributed by atoms with Gasteiger partial charge < -0.3 is 10.6 Å². The van der Waals surface area contributed by atoms with Crippen LogP contribution in [0.4, 0.5) is 5.69 Å². The number of hydrogen-bond acceptors (Lipinski definition) is 2. The summed E-state index contributed by atoms with van der Waals surface area (Å²) in [5, 5.41) is 7.88. The van der Waals surface area contributed by atoms with Crippen LogP contribution in [0.3, 0.4) is 0 Å². The van der Waals surface area contributed by atoms with Crippen molar-refractivity contribution in [3.05, 3.63) is 86.5 Å². The molecule has 0 radical (unpaired) electrons. The van der Waals surface area contributed by atoms with Crippen molar-refractivity contribution in [2.45, 2.75) is 6.04 Å². The van der Waals surface area contributed by atoms with Crippen LogP contribution < -0.4 is 10.6 Å². The molecule has 25 heavy (non-hydrogen) atoms. The number of carbonyl (C=O) groups excluding carboxylic acids is 1. The maximum absolute atomic E-state index is 12.3. The molecule has 1 atom stereocenters. The first-order valence-electron chi connectivity index (χ1n) is 7.80. The highest BCUT2D eigenvalue weighted by Crippen LogP contribution is 2.25. The second kappa shape index (κ2) is 8.50. The van der Waals surface area contributed by atoms with Crippen LogP contribution in [0.2, 0.25) is 10.0 Å². The molecule has 1 heterocycles. The third kappa shape index (κ3) is 4.83. The van der Waals surface area contributed by atoms with Crippen molar-refractivity contribution in [2.75, 3.05) is 11.9 Å². The maximum atomic E-state index is 12.3. The monoisotopic (exact) mass is 391 g/mol. The van der Waals surface area contributed by atoms with Crippen LogP contribution in [-0.2, 0) is 4.79 Å². The fourth-order valence-electron chi connectivity index (χ4n) is 2.56. The zero-order valence-corrected chi connectivity index (χ0v) is 15.6. The first-order valence-corrected chi connectivity index (χ1v) is 9.43. The Kier molecular flexibility index (Phi) is 6.10. The van der Waals surface area contributed by atoms with Gasteiger partial charge in [0.15, 0.2) is 6.54 Å². The standard InChI is InChI=1S/C19H16Cl2N2OS/c20-14-8-9-16(15(21)11-14)23-18(24)12-22-19(17-7-4-10-25-17)13-5-2-1-3-6-13/h1-11,19,22H,12H2,(H,23,24)/p+1/t19-/m0/s1. The molecule has 0 unspecified atom stereocenters. The molecule has 1 aromatic heterocycles. The Bertz CT molecular complexity index is 838.